The predicted octanol–water partition coefficient (Wildman–Crippen LogP) is 4.31. The lowest BCUT2D eigenvalue weighted by Crippen LogP contribution is -2.37. The van der Waals surface area contributed by atoms with Gasteiger partial charge in [-0.1, -0.05) is 22.9 Å². The molecule has 204 valence electrons. The molecule has 3 aromatic rings. The van der Waals surface area contributed by atoms with Gasteiger partial charge in [-0.2, -0.15) is 0 Å². The zero-order valence-corrected chi connectivity index (χ0v) is 23.8. The Morgan fingerprint density at radius 1 is 1.18 bits per heavy atom. The van der Waals surface area contributed by atoms with Gasteiger partial charge in [-0.25, -0.2) is 13.4 Å². The summed E-state index contributed by atoms with van der Waals surface area (Å²) in [5.74, 6) is 0.222. The highest BCUT2D eigenvalue weighted by molar-refractivity contribution is 7.92. The van der Waals surface area contributed by atoms with Crippen molar-refractivity contribution in [3.8, 4) is 5.75 Å². The fourth-order valence-corrected chi connectivity index (χ4v) is 7.80. The molecule has 2 aliphatic heterocycles. The van der Waals surface area contributed by atoms with Gasteiger partial charge in [0.15, 0.2) is 15.0 Å². The number of anilines is 2. The molecule has 0 unspecified atom stereocenters. The van der Waals surface area contributed by atoms with Crippen LogP contribution in [0, 0.1) is 0 Å². The third kappa shape index (κ3) is 5.62. The molecule has 2 saturated heterocycles. The van der Waals surface area contributed by atoms with Gasteiger partial charge in [0.05, 0.1) is 56.5 Å². The average molecular weight is 579 g/mol. The van der Waals surface area contributed by atoms with E-state index in [-0.39, 0.29) is 10.3 Å². The van der Waals surface area contributed by atoms with Gasteiger partial charge in [-0.05, 0) is 64.2 Å². The molecule has 9 nitrogen and oxygen atoms in total. The number of carbonyl (C=O) groups excluding carboxylic acids is 1. The van der Waals surface area contributed by atoms with E-state index in [0.29, 0.717) is 77.3 Å². The Morgan fingerprint density at radius 2 is 1.92 bits per heavy atom. The third-order valence-corrected chi connectivity index (χ3v) is 10.5. The number of thiazole rings is 1. The molecule has 0 atom stereocenters. The van der Waals surface area contributed by atoms with E-state index in [2.05, 4.69) is 20.1 Å². The SMILES string of the molecule is CCOc1cc(Cl)c(C(=O)Nc2nc3ccc(S(=O)(=O)C4CCN(C)CC4)cc3s2)cc1N1CCOCC1. The van der Waals surface area contributed by atoms with Gasteiger partial charge in [0.1, 0.15) is 5.75 Å². The van der Waals surface area contributed by atoms with E-state index in [1.165, 1.54) is 11.3 Å². The quantitative estimate of drug-likeness (QED) is 0.443. The fraction of sp³-hybridized carbons (Fsp3) is 0.462. The fourth-order valence-electron chi connectivity index (χ4n) is 4.83. The first-order valence-corrected chi connectivity index (χ1v) is 15.4. The third-order valence-electron chi connectivity index (χ3n) is 6.96. The van der Waals surface area contributed by atoms with Crippen molar-refractivity contribution in [3.63, 3.8) is 0 Å². The van der Waals surface area contributed by atoms with Crippen molar-refractivity contribution >= 4 is 59.7 Å². The Morgan fingerprint density at radius 3 is 2.63 bits per heavy atom. The number of benzene rings is 2. The summed E-state index contributed by atoms with van der Waals surface area (Å²) in [4.78, 5) is 22.3. The zero-order chi connectivity index (χ0) is 26.9. The lowest BCUT2D eigenvalue weighted by atomic mass is 10.1. The lowest BCUT2D eigenvalue weighted by molar-refractivity contribution is 0.102. The summed E-state index contributed by atoms with van der Waals surface area (Å²) in [6, 6.07) is 8.39. The number of hydrogen-bond acceptors (Lipinski definition) is 9. The number of hydrogen-bond donors (Lipinski definition) is 1. The monoisotopic (exact) mass is 578 g/mol. The van der Waals surface area contributed by atoms with Gasteiger partial charge in [0.25, 0.3) is 5.91 Å². The lowest BCUT2D eigenvalue weighted by Gasteiger charge is -2.30. The Bertz CT molecular complexity index is 1430. The first kappa shape index (κ1) is 27.1. The summed E-state index contributed by atoms with van der Waals surface area (Å²) in [6.45, 7) is 6.46. The Kier molecular flexibility index (Phi) is 8.11. The van der Waals surface area contributed by atoms with E-state index in [1.807, 2.05) is 14.0 Å². The average Bonchev–Trinajstić information content (AvgIpc) is 3.31. The molecule has 1 N–H and O–H groups in total. The molecular formula is C26H31ClN4O5S2. The predicted molar refractivity (Wildman–Crippen MR) is 151 cm³/mol. The second kappa shape index (κ2) is 11.4. The van der Waals surface area contributed by atoms with Crippen molar-refractivity contribution in [1.29, 1.82) is 0 Å². The van der Waals surface area contributed by atoms with Crippen molar-refractivity contribution < 1.29 is 22.7 Å². The van der Waals surface area contributed by atoms with E-state index in [0.717, 1.165) is 18.8 Å². The van der Waals surface area contributed by atoms with Crippen LogP contribution in [0.5, 0.6) is 5.75 Å². The molecule has 2 fully saturated rings. The van der Waals surface area contributed by atoms with Gasteiger partial charge in [0.2, 0.25) is 0 Å². The smallest absolute Gasteiger partial charge is 0.259 e. The maximum absolute atomic E-state index is 13.3. The first-order valence-electron chi connectivity index (χ1n) is 12.7. The van der Waals surface area contributed by atoms with Gasteiger partial charge >= 0.3 is 0 Å². The summed E-state index contributed by atoms with van der Waals surface area (Å²) in [7, 11) is -1.44. The molecular weight excluding hydrogens is 548 g/mol. The number of sulfone groups is 1. The Balaban J connectivity index is 1.38. The standard InChI is InChI=1S/C26H31ClN4O5S2/c1-3-36-23-16-20(27)19(15-22(23)31-10-12-35-13-11-31)25(32)29-26-28-21-5-4-18(14-24(21)37-26)38(33,34)17-6-8-30(2)9-7-17/h4-5,14-17H,3,6-13H2,1-2H3,(H,28,29,32). The highest BCUT2D eigenvalue weighted by atomic mass is 35.5. The van der Waals surface area contributed by atoms with E-state index in [1.54, 1.807) is 30.3 Å². The molecule has 5 rings (SSSR count). The number of likely N-dealkylation sites (tertiary alicyclic amines) is 1. The zero-order valence-electron chi connectivity index (χ0n) is 21.4. The molecule has 1 amide bonds. The molecule has 2 aliphatic rings. The van der Waals surface area contributed by atoms with Crippen LogP contribution in [0.25, 0.3) is 10.2 Å². The van der Waals surface area contributed by atoms with Crippen LogP contribution in [0.3, 0.4) is 0 Å². The minimum absolute atomic E-state index is 0.274. The number of nitrogens with one attached hydrogen (secondary N) is 1. The van der Waals surface area contributed by atoms with Gasteiger partial charge in [-0.15, -0.1) is 0 Å². The Hall–Kier alpha value is -2.44. The van der Waals surface area contributed by atoms with E-state index < -0.39 is 15.7 Å². The number of nitrogens with zero attached hydrogens (tertiary/aromatic N) is 3. The van der Waals surface area contributed by atoms with Gasteiger partial charge < -0.3 is 19.3 Å². The Labute approximate surface area is 231 Å². The topological polar surface area (TPSA) is 101 Å². The van der Waals surface area contributed by atoms with Crippen LogP contribution in [0.2, 0.25) is 5.02 Å². The van der Waals surface area contributed by atoms with E-state index in [4.69, 9.17) is 21.1 Å². The molecule has 3 heterocycles. The number of piperidine rings is 1. The number of rotatable bonds is 7. The molecule has 0 aliphatic carbocycles. The molecule has 38 heavy (non-hydrogen) atoms. The molecule has 0 radical (unpaired) electrons. The summed E-state index contributed by atoms with van der Waals surface area (Å²) >= 11 is 7.74. The molecule has 12 heteroatoms. The minimum atomic E-state index is -3.44. The van der Waals surface area contributed by atoms with E-state index in [9.17, 15) is 13.2 Å². The number of ether oxygens (including phenoxy) is 2. The van der Waals surface area contributed by atoms with Crippen LogP contribution in [-0.2, 0) is 14.6 Å². The first-order chi connectivity index (χ1) is 18.3. The molecule has 0 saturated carbocycles. The van der Waals surface area contributed by atoms with E-state index >= 15 is 0 Å². The summed E-state index contributed by atoms with van der Waals surface area (Å²) < 4.78 is 38.4. The number of aromatic nitrogens is 1. The normalized spacial score (nSPS) is 17.6. The number of morpholine rings is 1. The van der Waals surface area contributed by atoms with Crippen LogP contribution in [-0.4, -0.2) is 82.5 Å². The number of amides is 1. The van der Waals surface area contributed by atoms with Crippen LogP contribution in [0.4, 0.5) is 10.8 Å². The van der Waals surface area contributed by atoms with Gasteiger partial charge in [0, 0.05) is 19.2 Å². The number of carbonyl (C=O) groups is 1. The van der Waals surface area contributed by atoms with Crippen LogP contribution in [0.1, 0.15) is 30.1 Å². The second-order valence-corrected chi connectivity index (χ2v) is 13.1. The van der Waals surface area contributed by atoms with Crippen molar-refractivity contribution in [2.24, 2.45) is 0 Å². The second-order valence-electron chi connectivity index (χ2n) is 9.48. The van der Waals surface area contributed by atoms with Crippen molar-refractivity contribution in [3.05, 3.63) is 40.9 Å². The maximum Gasteiger partial charge on any atom is 0.259 e. The van der Waals surface area contributed by atoms with Crippen LogP contribution in [0.15, 0.2) is 35.2 Å². The van der Waals surface area contributed by atoms with Crippen molar-refractivity contribution in [2.75, 3.05) is 63.3 Å². The molecule has 0 bridgehead atoms. The summed E-state index contributed by atoms with van der Waals surface area (Å²) in [6.07, 6.45) is 1.24. The molecule has 1 aromatic heterocycles. The van der Waals surface area contributed by atoms with Crippen molar-refractivity contribution in [1.82, 2.24) is 9.88 Å². The minimum Gasteiger partial charge on any atom is -0.492 e. The van der Waals surface area contributed by atoms with Crippen molar-refractivity contribution in [2.45, 2.75) is 29.9 Å². The number of fused-ring (bicyclic) bond motifs is 1. The largest absolute Gasteiger partial charge is 0.492 e. The number of halogens is 1. The maximum atomic E-state index is 13.3. The molecule has 0 spiro atoms. The summed E-state index contributed by atoms with van der Waals surface area (Å²) in [5.41, 5.74) is 1.72. The van der Waals surface area contributed by atoms with Crippen LogP contribution < -0.4 is 15.0 Å². The summed E-state index contributed by atoms with van der Waals surface area (Å²) in [5, 5.41) is 3.10. The highest BCUT2D eigenvalue weighted by Crippen LogP contribution is 2.36. The van der Waals surface area contributed by atoms with Crippen LogP contribution >= 0.6 is 22.9 Å². The van der Waals surface area contributed by atoms with Gasteiger partial charge in [-0.3, -0.25) is 10.1 Å². The highest BCUT2D eigenvalue weighted by Gasteiger charge is 2.31. The molecule has 2 aromatic carbocycles.